The average Bonchev–Trinajstić information content (AvgIpc) is 2.53. The summed E-state index contributed by atoms with van der Waals surface area (Å²) in [7, 11) is 0. The van der Waals surface area contributed by atoms with Gasteiger partial charge in [0, 0.05) is 11.0 Å². The van der Waals surface area contributed by atoms with Crippen LogP contribution in [0.4, 0.5) is 0 Å². The maximum absolute atomic E-state index is 10.9. The summed E-state index contributed by atoms with van der Waals surface area (Å²) in [5.74, 6) is -0.467. The van der Waals surface area contributed by atoms with Crippen LogP contribution in [0.2, 0.25) is 0 Å². The minimum Gasteiger partial charge on any atom is -0.492 e. The van der Waals surface area contributed by atoms with Gasteiger partial charge >= 0.3 is 5.97 Å². The number of carbonyl (C=O) groups is 1. The van der Waals surface area contributed by atoms with Crippen LogP contribution in [0, 0.1) is 0 Å². The molecule has 1 aliphatic heterocycles. The Balaban J connectivity index is 2.39. The summed E-state index contributed by atoms with van der Waals surface area (Å²) in [6, 6.07) is 5.72. The molecule has 3 heteroatoms. The summed E-state index contributed by atoms with van der Waals surface area (Å²) in [6.45, 7) is 6.59. The maximum Gasteiger partial charge on any atom is 0.310 e. The van der Waals surface area contributed by atoms with E-state index < -0.39 is 11.9 Å². The standard InChI is InChI=1S/C13H16O3/c1-8(12(14)15)9-4-5-10-11(6-9)16-7-13(10,2)3/h4-6,8H,7H2,1-3H3,(H,14,15). The number of rotatable bonds is 2. The number of hydrogen-bond donors (Lipinski definition) is 1. The number of fused-ring (bicyclic) bond motifs is 1. The monoisotopic (exact) mass is 220 g/mol. The summed E-state index contributed by atoms with van der Waals surface area (Å²) in [4.78, 5) is 10.9. The Kier molecular flexibility index (Phi) is 2.41. The quantitative estimate of drug-likeness (QED) is 0.833. The molecule has 1 heterocycles. The summed E-state index contributed by atoms with van der Waals surface area (Å²) in [6.07, 6.45) is 0. The zero-order valence-electron chi connectivity index (χ0n) is 9.78. The number of benzene rings is 1. The van der Waals surface area contributed by atoms with Crippen molar-refractivity contribution in [3.8, 4) is 5.75 Å². The molecular formula is C13H16O3. The van der Waals surface area contributed by atoms with E-state index >= 15 is 0 Å². The van der Waals surface area contributed by atoms with E-state index in [0.717, 1.165) is 16.9 Å². The third-order valence-corrected chi connectivity index (χ3v) is 3.19. The Morgan fingerprint density at radius 1 is 1.50 bits per heavy atom. The molecule has 0 bridgehead atoms. The van der Waals surface area contributed by atoms with Gasteiger partial charge in [0.2, 0.25) is 0 Å². The Bertz CT molecular complexity index is 435. The number of carboxylic acids is 1. The van der Waals surface area contributed by atoms with Gasteiger partial charge in [-0.05, 0) is 18.6 Å². The molecular weight excluding hydrogens is 204 g/mol. The number of aliphatic carboxylic acids is 1. The van der Waals surface area contributed by atoms with Crippen molar-refractivity contribution >= 4 is 5.97 Å². The lowest BCUT2D eigenvalue weighted by Gasteiger charge is -2.15. The average molecular weight is 220 g/mol. The van der Waals surface area contributed by atoms with Gasteiger partial charge in [-0.2, -0.15) is 0 Å². The Labute approximate surface area is 95.0 Å². The molecule has 1 aromatic rings. The molecule has 16 heavy (non-hydrogen) atoms. The molecule has 1 aromatic carbocycles. The van der Waals surface area contributed by atoms with Crippen molar-refractivity contribution in [2.24, 2.45) is 0 Å². The van der Waals surface area contributed by atoms with Crippen molar-refractivity contribution in [3.63, 3.8) is 0 Å². The third-order valence-electron chi connectivity index (χ3n) is 3.19. The van der Waals surface area contributed by atoms with Crippen LogP contribution in [0.3, 0.4) is 0 Å². The van der Waals surface area contributed by atoms with Gasteiger partial charge in [-0.1, -0.05) is 26.0 Å². The van der Waals surface area contributed by atoms with Gasteiger partial charge < -0.3 is 9.84 Å². The second-order valence-corrected chi connectivity index (χ2v) is 4.99. The van der Waals surface area contributed by atoms with Crippen molar-refractivity contribution in [3.05, 3.63) is 29.3 Å². The molecule has 0 amide bonds. The van der Waals surface area contributed by atoms with Gasteiger partial charge in [0.25, 0.3) is 0 Å². The predicted molar refractivity (Wildman–Crippen MR) is 61.0 cm³/mol. The lowest BCUT2D eigenvalue weighted by Crippen LogP contribution is -2.18. The van der Waals surface area contributed by atoms with Crippen LogP contribution < -0.4 is 4.74 Å². The minimum atomic E-state index is -0.808. The second kappa shape index (κ2) is 3.51. The van der Waals surface area contributed by atoms with Crippen LogP contribution >= 0.6 is 0 Å². The van der Waals surface area contributed by atoms with E-state index in [-0.39, 0.29) is 5.41 Å². The molecule has 3 nitrogen and oxygen atoms in total. The van der Waals surface area contributed by atoms with Crippen LogP contribution in [0.1, 0.15) is 37.8 Å². The first kappa shape index (κ1) is 11.0. The maximum atomic E-state index is 10.9. The first-order valence-electron chi connectivity index (χ1n) is 5.42. The van der Waals surface area contributed by atoms with E-state index in [2.05, 4.69) is 13.8 Å². The molecule has 0 fully saturated rings. The van der Waals surface area contributed by atoms with E-state index in [0.29, 0.717) is 6.61 Å². The van der Waals surface area contributed by atoms with Crippen LogP contribution in [0.5, 0.6) is 5.75 Å². The number of ether oxygens (including phenoxy) is 1. The minimum absolute atomic E-state index is 0.0281. The topological polar surface area (TPSA) is 46.5 Å². The zero-order valence-corrected chi connectivity index (χ0v) is 9.78. The van der Waals surface area contributed by atoms with Gasteiger partial charge in [0.15, 0.2) is 0 Å². The Morgan fingerprint density at radius 2 is 2.19 bits per heavy atom. The fourth-order valence-electron chi connectivity index (χ4n) is 1.97. The smallest absolute Gasteiger partial charge is 0.310 e. The molecule has 1 unspecified atom stereocenters. The highest BCUT2D eigenvalue weighted by molar-refractivity contribution is 5.75. The van der Waals surface area contributed by atoms with Crippen LogP contribution in [0.25, 0.3) is 0 Å². The van der Waals surface area contributed by atoms with E-state index in [1.165, 1.54) is 0 Å². The Hall–Kier alpha value is -1.51. The van der Waals surface area contributed by atoms with Crippen LogP contribution in [0.15, 0.2) is 18.2 Å². The SMILES string of the molecule is CC(C(=O)O)c1ccc2c(c1)OCC2(C)C. The molecule has 0 saturated heterocycles. The number of hydrogen-bond acceptors (Lipinski definition) is 2. The molecule has 1 atom stereocenters. The van der Waals surface area contributed by atoms with Crippen molar-refractivity contribution in [2.45, 2.75) is 32.1 Å². The van der Waals surface area contributed by atoms with Crippen LogP contribution in [-0.2, 0) is 10.2 Å². The largest absolute Gasteiger partial charge is 0.492 e. The lowest BCUT2D eigenvalue weighted by atomic mass is 9.86. The van der Waals surface area contributed by atoms with E-state index in [1.807, 2.05) is 18.2 Å². The van der Waals surface area contributed by atoms with Gasteiger partial charge in [0.1, 0.15) is 5.75 Å². The lowest BCUT2D eigenvalue weighted by molar-refractivity contribution is -0.138. The first-order valence-corrected chi connectivity index (χ1v) is 5.42. The van der Waals surface area contributed by atoms with Crippen molar-refractivity contribution in [1.82, 2.24) is 0 Å². The highest BCUT2D eigenvalue weighted by atomic mass is 16.5. The highest BCUT2D eigenvalue weighted by Crippen LogP contribution is 2.39. The molecule has 0 aliphatic carbocycles. The molecule has 0 saturated carbocycles. The molecule has 0 radical (unpaired) electrons. The summed E-state index contributed by atoms with van der Waals surface area (Å²) in [5, 5.41) is 8.95. The summed E-state index contributed by atoms with van der Waals surface area (Å²) < 4.78 is 5.59. The zero-order chi connectivity index (χ0) is 11.9. The number of carboxylic acid groups (broad SMARTS) is 1. The van der Waals surface area contributed by atoms with Gasteiger partial charge in [-0.25, -0.2) is 0 Å². The van der Waals surface area contributed by atoms with E-state index in [1.54, 1.807) is 6.92 Å². The van der Waals surface area contributed by atoms with E-state index in [4.69, 9.17) is 9.84 Å². The molecule has 1 N–H and O–H groups in total. The molecule has 0 aromatic heterocycles. The van der Waals surface area contributed by atoms with Gasteiger partial charge in [0.05, 0.1) is 12.5 Å². The molecule has 2 rings (SSSR count). The summed E-state index contributed by atoms with van der Waals surface area (Å²) >= 11 is 0. The normalized spacial score (nSPS) is 18.7. The first-order chi connectivity index (χ1) is 7.42. The van der Waals surface area contributed by atoms with Gasteiger partial charge in [-0.15, -0.1) is 0 Å². The highest BCUT2D eigenvalue weighted by Gasteiger charge is 2.32. The van der Waals surface area contributed by atoms with Crippen molar-refractivity contribution in [1.29, 1.82) is 0 Å². The van der Waals surface area contributed by atoms with E-state index in [9.17, 15) is 4.79 Å². The fraction of sp³-hybridized carbons (Fsp3) is 0.462. The van der Waals surface area contributed by atoms with Crippen molar-refractivity contribution < 1.29 is 14.6 Å². The third kappa shape index (κ3) is 1.66. The molecule has 1 aliphatic rings. The van der Waals surface area contributed by atoms with Crippen LogP contribution in [-0.4, -0.2) is 17.7 Å². The molecule has 0 spiro atoms. The van der Waals surface area contributed by atoms with Crippen molar-refractivity contribution in [2.75, 3.05) is 6.61 Å². The summed E-state index contributed by atoms with van der Waals surface area (Å²) in [5.41, 5.74) is 1.98. The second-order valence-electron chi connectivity index (χ2n) is 4.99. The Morgan fingerprint density at radius 3 is 2.81 bits per heavy atom. The van der Waals surface area contributed by atoms with Gasteiger partial charge in [-0.3, -0.25) is 4.79 Å². The predicted octanol–water partition coefficient (Wildman–Crippen LogP) is 2.54. The molecule has 86 valence electrons. The fourth-order valence-corrected chi connectivity index (χ4v) is 1.97.